The van der Waals surface area contributed by atoms with Gasteiger partial charge in [0.1, 0.15) is 5.60 Å². The van der Waals surface area contributed by atoms with Gasteiger partial charge in [-0.25, -0.2) is 4.79 Å². The lowest BCUT2D eigenvalue weighted by Crippen LogP contribution is -2.41. The number of hydrogen-bond donors (Lipinski definition) is 1. The van der Waals surface area contributed by atoms with Gasteiger partial charge in [0.15, 0.2) is 6.33 Å². The summed E-state index contributed by atoms with van der Waals surface area (Å²) in [5.41, 5.74) is -0.555. The third-order valence-electron chi connectivity index (χ3n) is 2.92. The number of amides is 1. The Kier molecular flexibility index (Phi) is 3.70. The van der Waals surface area contributed by atoms with Crippen LogP contribution in [0.1, 0.15) is 33.2 Å². The molecule has 1 aliphatic rings. The third-order valence-corrected chi connectivity index (χ3v) is 2.92. The van der Waals surface area contributed by atoms with Gasteiger partial charge in [-0.2, -0.15) is 4.80 Å². The number of hydrogen-bond acceptors (Lipinski definition) is 6. The maximum Gasteiger partial charge on any atom is 0.410 e. The Hall–Kier alpha value is -1.70. The molecule has 1 aromatic rings. The highest BCUT2D eigenvalue weighted by Crippen LogP contribution is 2.27. The first-order valence-electron chi connectivity index (χ1n) is 6.23. The summed E-state index contributed by atoms with van der Waals surface area (Å²) in [7, 11) is 0. The van der Waals surface area contributed by atoms with Crippen molar-refractivity contribution in [2.24, 2.45) is 0 Å². The summed E-state index contributed by atoms with van der Waals surface area (Å²) < 4.78 is 5.33. The van der Waals surface area contributed by atoms with E-state index in [1.807, 2.05) is 20.8 Å². The van der Waals surface area contributed by atoms with Crippen LogP contribution < -0.4 is 0 Å². The molecule has 106 valence electrons. The molecule has 1 aliphatic heterocycles. The van der Waals surface area contributed by atoms with Crippen LogP contribution in [0, 0.1) is 0 Å². The molecule has 0 radical (unpaired) electrons. The second-order valence-electron chi connectivity index (χ2n) is 5.61. The predicted molar refractivity (Wildman–Crippen MR) is 65.3 cm³/mol. The van der Waals surface area contributed by atoms with Crippen LogP contribution in [0.25, 0.3) is 0 Å². The SMILES string of the molecule is CC(C)(C)OC(=O)N1CC(n2ncnn2)CC1CO. The Labute approximate surface area is 111 Å². The van der Waals surface area contributed by atoms with Gasteiger partial charge in [-0.15, -0.1) is 10.2 Å². The van der Waals surface area contributed by atoms with Crippen molar-refractivity contribution in [3.8, 4) is 0 Å². The molecule has 2 rings (SSSR count). The number of carbonyl (C=O) groups is 1. The number of aromatic nitrogens is 4. The van der Waals surface area contributed by atoms with Crippen LogP contribution >= 0.6 is 0 Å². The number of carbonyl (C=O) groups excluding carboxylic acids is 1. The summed E-state index contributed by atoms with van der Waals surface area (Å²) >= 11 is 0. The quantitative estimate of drug-likeness (QED) is 0.825. The fourth-order valence-electron chi connectivity index (χ4n) is 2.12. The molecular formula is C11H19N5O3. The predicted octanol–water partition coefficient (Wildman–Crippen LogP) is 0.216. The summed E-state index contributed by atoms with van der Waals surface area (Å²) in [6.07, 6.45) is 1.52. The molecule has 1 amide bonds. The van der Waals surface area contributed by atoms with Crippen molar-refractivity contribution >= 4 is 6.09 Å². The Bertz CT molecular complexity index is 428. The zero-order chi connectivity index (χ0) is 14.0. The van der Waals surface area contributed by atoms with E-state index in [-0.39, 0.29) is 18.7 Å². The smallest absolute Gasteiger partial charge is 0.410 e. The monoisotopic (exact) mass is 269 g/mol. The topological polar surface area (TPSA) is 93.4 Å². The van der Waals surface area contributed by atoms with E-state index < -0.39 is 11.7 Å². The van der Waals surface area contributed by atoms with Crippen molar-refractivity contribution in [3.63, 3.8) is 0 Å². The van der Waals surface area contributed by atoms with Gasteiger partial charge in [-0.3, -0.25) is 0 Å². The van der Waals surface area contributed by atoms with Gasteiger partial charge in [0.05, 0.1) is 18.7 Å². The van der Waals surface area contributed by atoms with E-state index in [1.165, 1.54) is 16.0 Å². The molecular weight excluding hydrogens is 250 g/mol. The van der Waals surface area contributed by atoms with E-state index in [0.717, 1.165) is 0 Å². The first-order valence-corrected chi connectivity index (χ1v) is 6.23. The number of tetrazole rings is 1. The van der Waals surface area contributed by atoms with Gasteiger partial charge in [-0.05, 0) is 32.4 Å². The average molecular weight is 269 g/mol. The first kappa shape index (κ1) is 13.7. The molecule has 1 N–H and O–H groups in total. The van der Waals surface area contributed by atoms with Crippen molar-refractivity contribution in [2.75, 3.05) is 13.2 Å². The van der Waals surface area contributed by atoms with Gasteiger partial charge in [0.2, 0.25) is 0 Å². The fraction of sp³-hybridized carbons (Fsp3) is 0.818. The lowest BCUT2D eigenvalue weighted by molar-refractivity contribution is 0.0172. The molecule has 1 saturated heterocycles. The first-order chi connectivity index (χ1) is 8.90. The lowest BCUT2D eigenvalue weighted by atomic mass is 10.2. The molecule has 2 heterocycles. The summed E-state index contributed by atoms with van der Waals surface area (Å²) in [5, 5.41) is 20.8. The normalized spacial score (nSPS) is 23.7. The Morgan fingerprint density at radius 2 is 2.26 bits per heavy atom. The molecule has 1 aromatic heterocycles. The average Bonchev–Trinajstić information content (AvgIpc) is 2.95. The van der Waals surface area contributed by atoms with Gasteiger partial charge in [0, 0.05) is 6.54 Å². The second kappa shape index (κ2) is 5.12. The van der Waals surface area contributed by atoms with Crippen LogP contribution in [0.2, 0.25) is 0 Å². The van der Waals surface area contributed by atoms with E-state index in [2.05, 4.69) is 15.4 Å². The molecule has 8 heteroatoms. The largest absolute Gasteiger partial charge is 0.444 e. The van der Waals surface area contributed by atoms with Crippen molar-refractivity contribution in [3.05, 3.63) is 6.33 Å². The molecule has 1 fully saturated rings. The van der Waals surface area contributed by atoms with E-state index in [0.29, 0.717) is 13.0 Å². The summed E-state index contributed by atoms with van der Waals surface area (Å²) in [6, 6.07) is -0.349. The fourth-order valence-corrected chi connectivity index (χ4v) is 2.12. The van der Waals surface area contributed by atoms with Crippen molar-refractivity contribution < 1.29 is 14.6 Å². The molecule has 0 aliphatic carbocycles. The number of ether oxygens (including phenoxy) is 1. The highest BCUT2D eigenvalue weighted by Gasteiger charge is 2.38. The maximum atomic E-state index is 12.1. The Morgan fingerprint density at radius 1 is 1.53 bits per heavy atom. The van der Waals surface area contributed by atoms with Crippen LogP contribution in [-0.2, 0) is 4.74 Å². The number of nitrogens with zero attached hydrogens (tertiary/aromatic N) is 5. The molecule has 2 atom stereocenters. The minimum Gasteiger partial charge on any atom is -0.444 e. The number of aliphatic hydroxyl groups excluding tert-OH is 1. The van der Waals surface area contributed by atoms with E-state index in [1.54, 1.807) is 0 Å². The highest BCUT2D eigenvalue weighted by molar-refractivity contribution is 5.69. The van der Waals surface area contributed by atoms with Crippen LogP contribution in [0.15, 0.2) is 6.33 Å². The van der Waals surface area contributed by atoms with E-state index >= 15 is 0 Å². The molecule has 2 unspecified atom stereocenters. The number of likely N-dealkylation sites (tertiary alicyclic amines) is 1. The summed E-state index contributed by atoms with van der Waals surface area (Å²) in [4.78, 5) is 15.1. The minimum atomic E-state index is -0.555. The van der Waals surface area contributed by atoms with Gasteiger partial charge < -0.3 is 14.7 Å². The Morgan fingerprint density at radius 3 is 2.79 bits per heavy atom. The Balaban J connectivity index is 2.06. The highest BCUT2D eigenvalue weighted by atomic mass is 16.6. The third kappa shape index (κ3) is 3.19. The zero-order valence-corrected chi connectivity index (χ0v) is 11.4. The summed E-state index contributed by atoms with van der Waals surface area (Å²) in [5.74, 6) is 0. The zero-order valence-electron chi connectivity index (χ0n) is 11.4. The van der Waals surface area contributed by atoms with E-state index in [4.69, 9.17) is 4.74 Å². The molecule has 0 spiro atoms. The molecule has 19 heavy (non-hydrogen) atoms. The van der Waals surface area contributed by atoms with Crippen LogP contribution in [-0.4, -0.2) is 61.1 Å². The van der Waals surface area contributed by atoms with Crippen molar-refractivity contribution in [1.82, 2.24) is 25.1 Å². The molecule has 8 nitrogen and oxygen atoms in total. The van der Waals surface area contributed by atoms with Gasteiger partial charge in [-0.1, -0.05) is 0 Å². The van der Waals surface area contributed by atoms with Gasteiger partial charge in [0.25, 0.3) is 0 Å². The van der Waals surface area contributed by atoms with Gasteiger partial charge >= 0.3 is 6.09 Å². The van der Waals surface area contributed by atoms with Crippen molar-refractivity contribution in [2.45, 2.75) is 44.9 Å². The number of rotatable bonds is 2. The second-order valence-corrected chi connectivity index (χ2v) is 5.61. The lowest BCUT2D eigenvalue weighted by Gasteiger charge is -2.27. The van der Waals surface area contributed by atoms with E-state index in [9.17, 15) is 9.90 Å². The molecule has 0 bridgehead atoms. The summed E-state index contributed by atoms with van der Waals surface area (Å²) in [6.45, 7) is 5.74. The maximum absolute atomic E-state index is 12.1. The molecule has 0 aromatic carbocycles. The standard InChI is InChI=1S/C11H19N5O3/c1-11(2,3)19-10(18)15-5-8(4-9(15)6-17)16-13-7-12-14-16/h7-9,17H,4-6H2,1-3H3. The molecule has 0 saturated carbocycles. The van der Waals surface area contributed by atoms with Crippen LogP contribution in [0.3, 0.4) is 0 Å². The van der Waals surface area contributed by atoms with Crippen molar-refractivity contribution in [1.29, 1.82) is 0 Å². The van der Waals surface area contributed by atoms with Crippen LogP contribution in [0.5, 0.6) is 0 Å². The van der Waals surface area contributed by atoms with Crippen LogP contribution in [0.4, 0.5) is 4.79 Å². The minimum absolute atomic E-state index is 0.0767. The number of aliphatic hydroxyl groups is 1.